The zero-order valence-electron chi connectivity index (χ0n) is 12.0. The first kappa shape index (κ1) is 13.4. The van der Waals surface area contributed by atoms with Crippen molar-refractivity contribution in [3.8, 4) is 0 Å². The number of para-hydroxylation sites is 1. The Bertz CT molecular complexity index is 660. The van der Waals surface area contributed by atoms with Gasteiger partial charge in [0.2, 0.25) is 5.90 Å². The van der Waals surface area contributed by atoms with Crippen LogP contribution in [0, 0.1) is 0 Å². The second-order valence-corrected chi connectivity index (χ2v) is 4.89. The Morgan fingerprint density at radius 1 is 1.00 bits per heavy atom. The topological polar surface area (TPSA) is 33.6 Å². The molecule has 0 radical (unpaired) electrons. The second kappa shape index (κ2) is 6.27. The summed E-state index contributed by atoms with van der Waals surface area (Å²) in [5, 5.41) is 3.49. The molecule has 1 heterocycles. The number of hydrogen-bond acceptors (Lipinski definition) is 3. The first-order valence-electron chi connectivity index (χ1n) is 7.10. The maximum absolute atomic E-state index is 5.61. The molecule has 21 heavy (non-hydrogen) atoms. The molecular formula is C18H18N2O. The number of hydrogen-bond donors (Lipinski definition) is 1. The summed E-state index contributed by atoms with van der Waals surface area (Å²) in [6.45, 7) is 3.45. The molecule has 2 aromatic rings. The molecule has 0 amide bonds. The molecule has 0 atom stereocenters. The Balaban J connectivity index is 2.01. The average Bonchev–Trinajstić information content (AvgIpc) is 3.08. The van der Waals surface area contributed by atoms with Crippen LogP contribution < -0.4 is 5.32 Å². The lowest BCUT2D eigenvalue weighted by molar-refractivity contribution is 0.347. The van der Waals surface area contributed by atoms with Gasteiger partial charge >= 0.3 is 0 Å². The van der Waals surface area contributed by atoms with E-state index in [0.29, 0.717) is 6.61 Å². The van der Waals surface area contributed by atoms with Gasteiger partial charge in [-0.1, -0.05) is 48.5 Å². The number of benzene rings is 2. The van der Waals surface area contributed by atoms with E-state index in [2.05, 4.69) is 22.4 Å². The molecule has 3 heteroatoms. The fraction of sp³-hybridized carbons (Fsp3) is 0.167. The normalized spacial score (nSPS) is 15.0. The minimum Gasteiger partial charge on any atom is -0.476 e. The SMILES string of the molecule is C/C(C1=NCCO1)=C(/Nc1ccccc1)c1ccccc1. The smallest absolute Gasteiger partial charge is 0.213 e. The van der Waals surface area contributed by atoms with E-state index in [1.165, 1.54) is 0 Å². The molecule has 0 spiro atoms. The highest BCUT2D eigenvalue weighted by atomic mass is 16.5. The van der Waals surface area contributed by atoms with Crippen molar-refractivity contribution >= 4 is 17.3 Å². The Hall–Kier alpha value is -2.55. The Morgan fingerprint density at radius 2 is 1.67 bits per heavy atom. The number of nitrogens with one attached hydrogen (secondary N) is 1. The molecule has 0 aliphatic carbocycles. The molecule has 0 aromatic heterocycles. The fourth-order valence-corrected chi connectivity index (χ4v) is 2.32. The third-order valence-electron chi connectivity index (χ3n) is 3.39. The van der Waals surface area contributed by atoms with Crippen molar-refractivity contribution < 1.29 is 4.74 Å². The lowest BCUT2D eigenvalue weighted by Crippen LogP contribution is -2.09. The third kappa shape index (κ3) is 3.14. The van der Waals surface area contributed by atoms with Crippen LogP contribution in [0.2, 0.25) is 0 Å². The van der Waals surface area contributed by atoms with Gasteiger partial charge in [0.25, 0.3) is 0 Å². The zero-order valence-corrected chi connectivity index (χ0v) is 12.0. The lowest BCUT2D eigenvalue weighted by Gasteiger charge is -2.15. The summed E-state index contributed by atoms with van der Waals surface area (Å²) >= 11 is 0. The monoisotopic (exact) mass is 278 g/mol. The highest BCUT2D eigenvalue weighted by molar-refractivity contribution is 6.03. The molecule has 0 fully saturated rings. The average molecular weight is 278 g/mol. The maximum atomic E-state index is 5.61. The van der Waals surface area contributed by atoms with Crippen molar-refractivity contribution in [3.63, 3.8) is 0 Å². The number of aliphatic imine (C=N–C) groups is 1. The standard InChI is InChI=1S/C18H18N2O/c1-14(18-19-12-13-21-18)17(15-8-4-2-5-9-15)20-16-10-6-3-7-11-16/h2-11,20H,12-13H2,1H3/b17-14-. The molecule has 0 saturated carbocycles. The van der Waals surface area contributed by atoms with Crippen molar-refractivity contribution in [2.75, 3.05) is 18.5 Å². The first-order chi connectivity index (χ1) is 10.3. The van der Waals surface area contributed by atoms with Gasteiger partial charge in [-0.05, 0) is 24.6 Å². The fourth-order valence-electron chi connectivity index (χ4n) is 2.32. The van der Waals surface area contributed by atoms with Crippen LogP contribution in [0.15, 0.2) is 71.2 Å². The van der Waals surface area contributed by atoms with Gasteiger partial charge in [-0.15, -0.1) is 0 Å². The molecular weight excluding hydrogens is 260 g/mol. The van der Waals surface area contributed by atoms with E-state index < -0.39 is 0 Å². The van der Waals surface area contributed by atoms with E-state index in [1.54, 1.807) is 0 Å². The van der Waals surface area contributed by atoms with Crippen LogP contribution in [0.4, 0.5) is 5.69 Å². The van der Waals surface area contributed by atoms with Crippen molar-refractivity contribution in [2.24, 2.45) is 4.99 Å². The van der Waals surface area contributed by atoms with Gasteiger partial charge in [0, 0.05) is 11.3 Å². The number of anilines is 1. The summed E-state index contributed by atoms with van der Waals surface area (Å²) in [5.41, 5.74) is 4.23. The van der Waals surface area contributed by atoms with Crippen LogP contribution in [-0.4, -0.2) is 19.0 Å². The van der Waals surface area contributed by atoms with Crippen LogP contribution in [0.1, 0.15) is 12.5 Å². The maximum Gasteiger partial charge on any atom is 0.213 e. The summed E-state index contributed by atoms with van der Waals surface area (Å²) in [6.07, 6.45) is 0. The minimum absolute atomic E-state index is 0.667. The van der Waals surface area contributed by atoms with E-state index in [1.807, 2.05) is 55.5 Å². The van der Waals surface area contributed by atoms with Crippen molar-refractivity contribution in [1.82, 2.24) is 0 Å². The largest absolute Gasteiger partial charge is 0.476 e. The predicted octanol–water partition coefficient (Wildman–Crippen LogP) is 3.96. The molecule has 106 valence electrons. The van der Waals surface area contributed by atoms with Gasteiger partial charge in [-0.3, -0.25) is 0 Å². The van der Waals surface area contributed by atoms with Gasteiger partial charge in [-0.2, -0.15) is 0 Å². The predicted molar refractivity (Wildman–Crippen MR) is 87.4 cm³/mol. The van der Waals surface area contributed by atoms with Gasteiger partial charge < -0.3 is 10.1 Å². The molecule has 1 aliphatic heterocycles. The van der Waals surface area contributed by atoms with E-state index in [4.69, 9.17) is 4.74 Å². The summed E-state index contributed by atoms with van der Waals surface area (Å²) in [5.74, 6) is 0.734. The second-order valence-electron chi connectivity index (χ2n) is 4.89. The molecule has 0 saturated heterocycles. The quantitative estimate of drug-likeness (QED) is 0.918. The molecule has 3 nitrogen and oxygen atoms in total. The van der Waals surface area contributed by atoms with Crippen LogP contribution in [0.3, 0.4) is 0 Å². The highest BCUT2D eigenvalue weighted by Crippen LogP contribution is 2.23. The lowest BCUT2D eigenvalue weighted by atomic mass is 10.1. The van der Waals surface area contributed by atoms with E-state index in [0.717, 1.165) is 35.0 Å². The Morgan fingerprint density at radius 3 is 2.29 bits per heavy atom. The van der Waals surface area contributed by atoms with Crippen molar-refractivity contribution in [3.05, 3.63) is 71.8 Å². The van der Waals surface area contributed by atoms with Crippen LogP contribution in [-0.2, 0) is 4.74 Å². The zero-order chi connectivity index (χ0) is 14.5. The van der Waals surface area contributed by atoms with Crippen LogP contribution in [0.5, 0.6) is 0 Å². The van der Waals surface area contributed by atoms with Crippen molar-refractivity contribution in [2.45, 2.75) is 6.92 Å². The molecule has 2 aromatic carbocycles. The Labute approximate surface area is 125 Å². The minimum atomic E-state index is 0.667. The highest BCUT2D eigenvalue weighted by Gasteiger charge is 2.15. The van der Waals surface area contributed by atoms with Crippen molar-refractivity contribution in [1.29, 1.82) is 0 Å². The molecule has 3 rings (SSSR count). The number of ether oxygens (including phenoxy) is 1. The van der Waals surface area contributed by atoms with E-state index in [-0.39, 0.29) is 0 Å². The van der Waals surface area contributed by atoms with Gasteiger partial charge in [0.15, 0.2) is 0 Å². The van der Waals surface area contributed by atoms with Gasteiger partial charge in [0.05, 0.1) is 12.2 Å². The molecule has 1 N–H and O–H groups in total. The summed E-state index contributed by atoms with van der Waals surface area (Å²) in [6, 6.07) is 20.4. The van der Waals surface area contributed by atoms with Gasteiger partial charge in [-0.25, -0.2) is 4.99 Å². The third-order valence-corrected chi connectivity index (χ3v) is 3.39. The van der Waals surface area contributed by atoms with E-state index in [9.17, 15) is 0 Å². The summed E-state index contributed by atoms with van der Waals surface area (Å²) in [7, 11) is 0. The number of nitrogens with zero attached hydrogens (tertiary/aromatic N) is 1. The van der Waals surface area contributed by atoms with Crippen LogP contribution >= 0.6 is 0 Å². The first-order valence-corrected chi connectivity index (χ1v) is 7.10. The van der Waals surface area contributed by atoms with Crippen LogP contribution in [0.25, 0.3) is 5.70 Å². The summed E-state index contributed by atoms with van der Waals surface area (Å²) < 4.78 is 5.61. The number of rotatable bonds is 4. The van der Waals surface area contributed by atoms with Gasteiger partial charge in [0.1, 0.15) is 6.61 Å². The molecule has 0 unspecified atom stereocenters. The Kier molecular flexibility index (Phi) is 4.01. The van der Waals surface area contributed by atoms with E-state index >= 15 is 0 Å². The summed E-state index contributed by atoms with van der Waals surface area (Å²) in [4.78, 5) is 4.42. The molecule has 0 bridgehead atoms. The molecule has 1 aliphatic rings.